The second-order valence-corrected chi connectivity index (χ2v) is 10.4. The predicted octanol–water partition coefficient (Wildman–Crippen LogP) is 4.22. The first kappa shape index (κ1) is 24.3. The zero-order valence-electron chi connectivity index (χ0n) is 20.8. The molecule has 2 amide bonds. The number of aryl methyl sites for hydroxylation is 1. The molecular weight excluding hydrogens is 428 g/mol. The summed E-state index contributed by atoms with van der Waals surface area (Å²) >= 11 is 0. The second-order valence-electron chi connectivity index (χ2n) is 10.4. The summed E-state index contributed by atoms with van der Waals surface area (Å²) in [4.78, 5) is 28.5. The largest absolute Gasteiger partial charge is 0.493 e. The van der Waals surface area contributed by atoms with Crippen LogP contribution in [-0.2, 0) is 13.5 Å². The summed E-state index contributed by atoms with van der Waals surface area (Å²) in [7, 11) is 1.85. The van der Waals surface area contributed by atoms with Gasteiger partial charge in [0, 0.05) is 32.1 Å². The van der Waals surface area contributed by atoms with E-state index in [1.165, 1.54) is 0 Å². The summed E-state index contributed by atoms with van der Waals surface area (Å²) in [5, 5.41) is 7.75. The van der Waals surface area contributed by atoms with Crippen LogP contribution in [0.3, 0.4) is 0 Å². The second kappa shape index (κ2) is 10.6. The smallest absolute Gasteiger partial charge is 0.272 e. The molecule has 1 fully saturated rings. The van der Waals surface area contributed by atoms with Crippen LogP contribution in [0.2, 0.25) is 0 Å². The van der Waals surface area contributed by atoms with E-state index in [0.29, 0.717) is 42.6 Å². The lowest BCUT2D eigenvalue weighted by atomic mass is 9.75. The maximum atomic E-state index is 13.5. The van der Waals surface area contributed by atoms with Gasteiger partial charge in [0.1, 0.15) is 11.4 Å². The normalized spacial score (nSPS) is 21.9. The number of ether oxygens (including phenoxy) is 1. The number of hydrogen-bond donors (Lipinski definition) is 1. The van der Waals surface area contributed by atoms with Crippen LogP contribution in [-0.4, -0.2) is 52.7 Å². The van der Waals surface area contributed by atoms with E-state index in [4.69, 9.17) is 4.74 Å². The van der Waals surface area contributed by atoms with Gasteiger partial charge in [-0.25, -0.2) is 0 Å². The molecule has 0 saturated carbocycles. The standard InChI is InChI=1S/C27H38N4O3/c1-20(2)16-21-17-23(30(3)29-21)26(33)31-14-9-13-27(19-31)12-7-4-8-15-34-24-11-6-5-10-22(24)25(32)28-18-27/h5-6,10-11,17,20H,4,7-9,12-16,18-19H2,1-3H3,(H,28,32). The summed E-state index contributed by atoms with van der Waals surface area (Å²) in [5.41, 5.74) is 2.08. The molecule has 1 unspecified atom stereocenters. The Bertz CT molecular complexity index is 1020. The Morgan fingerprint density at radius 3 is 2.79 bits per heavy atom. The van der Waals surface area contributed by atoms with Gasteiger partial charge < -0.3 is 15.0 Å². The van der Waals surface area contributed by atoms with Crippen LogP contribution < -0.4 is 10.1 Å². The number of hydrogen-bond acceptors (Lipinski definition) is 4. The molecule has 7 heteroatoms. The quantitative estimate of drug-likeness (QED) is 0.735. The Morgan fingerprint density at radius 1 is 1.18 bits per heavy atom. The number of nitrogens with one attached hydrogen (secondary N) is 1. The summed E-state index contributed by atoms with van der Waals surface area (Å²) < 4.78 is 7.60. The maximum absolute atomic E-state index is 13.5. The molecule has 1 saturated heterocycles. The van der Waals surface area contributed by atoms with Crippen molar-refractivity contribution in [3.8, 4) is 5.75 Å². The third-order valence-electron chi connectivity index (χ3n) is 7.08. The van der Waals surface area contributed by atoms with Gasteiger partial charge in [0.25, 0.3) is 11.8 Å². The van der Waals surface area contributed by atoms with Crippen molar-refractivity contribution < 1.29 is 14.3 Å². The van der Waals surface area contributed by atoms with Crippen LogP contribution in [0, 0.1) is 11.3 Å². The number of aromatic nitrogens is 2. The van der Waals surface area contributed by atoms with Crippen molar-refractivity contribution in [2.75, 3.05) is 26.2 Å². The van der Waals surface area contributed by atoms with Gasteiger partial charge in [-0.2, -0.15) is 5.10 Å². The minimum atomic E-state index is -0.113. The third kappa shape index (κ3) is 5.62. The summed E-state index contributed by atoms with van der Waals surface area (Å²) in [6.07, 6.45) is 6.91. The first-order chi connectivity index (χ1) is 16.4. The number of rotatable bonds is 3. The minimum absolute atomic E-state index is 0.0419. The van der Waals surface area contributed by atoms with E-state index in [0.717, 1.165) is 57.2 Å². The van der Waals surface area contributed by atoms with Gasteiger partial charge in [-0.3, -0.25) is 14.3 Å². The molecule has 2 aliphatic heterocycles. The zero-order chi connectivity index (χ0) is 24.1. The molecule has 184 valence electrons. The summed E-state index contributed by atoms with van der Waals surface area (Å²) in [5.74, 6) is 1.07. The van der Waals surface area contributed by atoms with Crippen LogP contribution in [0.15, 0.2) is 30.3 Å². The molecule has 2 aliphatic rings. The van der Waals surface area contributed by atoms with E-state index < -0.39 is 0 Å². The fourth-order valence-electron chi connectivity index (χ4n) is 5.33. The number of amides is 2. The molecule has 3 heterocycles. The third-order valence-corrected chi connectivity index (χ3v) is 7.08. The molecule has 0 radical (unpaired) electrons. The van der Waals surface area contributed by atoms with Crippen LogP contribution in [0.4, 0.5) is 0 Å². The van der Waals surface area contributed by atoms with Gasteiger partial charge in [0.05, 0.1) is 17.9 Å². The van der Waals surface area contributed by atoms with Gasteiger partial charge in [-0.15, -0.1) is 0 Å². The van der Waals surface area contributed by atoms with Gasteiger partial charge in [-0.05, 0) is 56.2 Å². The summed E-state index contributed by atoms with van der Waals surface area (Å²) in [6.45, 7) is 6.90. The number of piperidine rings is 1. The van der Waals surface area contributed by atoms with E-state index in [-0.39, 0.29) is 17.2 Å². The van der Waals surface area contributed by atoms with E-state index in [9.17, 15) is 9.59 Å². The average Bonchev–Trinajstić information content (AvgIpc) is 3.18. The van der Waals surface area contributed by atoms with Crippen molar-refractivity contribution in [2.45, 2.75) is 58.8 Å². The van der Waals surface area contributed by atoms with Gasteiger partial charge in [-0.1, -0.05) is 38.8 Å². The lowest BCUT2D eigenvalue weighted by Gasteiger charge is -2.43. The molecule has 0 bridgehead atoms. The number of nitrogens with zero attached hydrogens (tertiary/aromatic N) is 3. The lowest BCUT2D eigenvalue weighted by molar-refractivity contribution is 0.0459. The number of para-hydroxylation sites is 1. The molecule has 0 aliphatic carbocycles. The summed E-state index contributed by atoms with van der Waals surface area (Å²) in [6, 6.07) is 9.39. The Hall–Kier alpha value is -2.83. The molecule has 34 heavy (non-hydrogen) atoms. The maximum Gasteiger partial charge on any atom is 0.272 e. The average molecular weight is 467 g/mol. The molecular formula is C27H38N4O3. The van der Waals surface area contributed by atoms with Crippen molar-refractivity contribution in [1.29, 1.82) is 0 Å². The first-order valence-electron chi connectivity index (χ1n) is 12.7. The lowest BCUT2D eigenvalue weighted by Crippen LogP contribution is -2.51. The van der Waals surface area contributed by atoms with Crippen molar-refractivity contribution in [2.24, 2.45) is 18.4 Å². The van der Waals surface area contributed by atoms with Crippen molar-refractivity contribution in [1.82, 2.24) is 20.0 Å². The topological polar surface area (TPSA) is 76.5 Å². The van der Waals surface area contributed by atoms with E-state index in [2.05, 4.69) is 24.3 Å². The Labute approximate surface area is 202 Å². The van der Waals surface area contributed by atoms with E-state index in [1.807, 2.05) is 42.3 Å². The number of likely N-dealkylation sites (tertiary alicyclic amines) is 1. The molecule has 1 spiro atoms. The van der Waals surface area contributed by atoms with Crippen LogP contribution in [0.25, 0.3) is 0 Å². The highest BCUT2D eigenvalue weighted by molar-refractivity contribution is 5.97. The molecule has 7 nitrogen and oxygen atoms in total. The van der Waals surface area contributed by atoms with Crippen molar-refractivity contribution >= 4 is 11.8 Å². The predicted molar refractivity (Wildman–Crippen MR) is 132 cm³/mol. The Kier molecular flexibility index (Phi) is 7.59. The van der Waals surface area contributed by atoms with Crippen molar-refractivity contribution in [3.05, 3.63) is 47.3 Å². The Balaban J connectivity index is 1.52. The number of benzene rings is 1. The zero-order valence-corrected chi connectivity index (χ0v) is 20.8. The van der Waals surface area contributed by atoms with Gasteiger partial charge >= 0.3 is 0 Å². The highest BCUT2D eigenvalue weighted by Crippen LogP contribution is 2.36. The molecule has 1 aromatic carbocycles. The molecule has 1 N–H and O–H groups in total. The molecule has 4 rings (SSSR count). The van der Waals surface area contributed by atoms with E-state index >= 15 is 0 Å². The van der Waals surface area contributed by atoms with Gasteiger partial charge in [0.2, 0.25) is 0 Å². The molecule has 1 atom stereocenters. The van der Waals surface area contributed by atoms with Crippen molar-refractivity contribution in [3.63, 3.8) is 0 Å². The van der Waals surface area contributed by atoms with Crippen LogP contribution in [0.5, 0.6) is 5.75 Å². The number of carbonyl (C=O) groups is 2. The monoisotopic (exact) mass is 466 g/mol. The highest BCUT2D eigenvalue weighted by Gasteiger charge is 2.38. The van der Waals surface area contributed by atoms with Crippen LogP contribution >= 0.6 is 0 Å². The van der Waals surface area contributed by atoms with Gasteiger partial charge in [0.15, 0.2) is 0 Å². The minimum Gasteiger partial charge on any atom is -0.493 e. The SMILES string of the molecule is CC(C)Cc1cc(C(=O)N2CCCC3(CCCCCOc4ccccc4C(=O)NC3)C2)n(C)n1. The Morgan fingerprint density at radius 2 is 1.97 bits per heavy atom. The number of carbonyl (C=O) groups excluding carboxylic acids is 2. The van der Waals surface area contributed by atoms with Crippen LogP contribution in [0.1, 0.15) is 78.9 Å². The molecule has 1 aromatic heterocycles. The van der Waals surface area contributed by atoms with E-state index in [1.54, 1.807) is 4.68 Å². The highest BCUT2D eigenvalue weighted by atomic mass is 16.5. The fourth-order valence-corrected chi connectivity index (χ4v) is 5.33. The number of fused-ring (bicyclic) bond motifs is 1. The molecule has 2 aromatic rings. The first-order valence-corrected chi connectivity index (χ1v) is 12.7. The fraction of sp³-hybridized carbons (Fsp3) is 0.593.